The van der Waals surface area contributed by atoms with E-state index in [-0.39, 0.29) is 5.91 Å². The van der Waals surface area contributed by atoms with Gasteiger partial charge >= 0.3 is 0 Å². The second kappa shape index (κ2) is 10.9. The van der Waals surface area contributed by atoms with Crippen LogP contribution < -0.4 is 10.7 Å². The summed E-state index contributed by atoms with van der Waals surface area (Å²) in [7, 11) is 3.99. The number of morpholine rings is 1. The van der Waals surface area contributed by atoms with E-state index in [1.165, 1.54) is 0 Å². The van der Waals surface area contributed by atoms with Crippen molar-refractivity contribution in [2.75, 3.05) is 45.7 Å². The van der Waals surface area contributed by atoms with Gasteiger partial charge in [0, 0.05) is 49.7 Å². The number of amides is 1. The summed E-state index contributed by atoms with van der Waals surface area (Å²) in [5.74, 6) is -0.276. The fourth-order valence-corrected chi connectivity index (χ4v) is 4.42. The second-order valence-corrected chi connectivity index (χ2v) is 9.37. The molecule has 5 rings (SSSR count). The molecular formula is C27H31N7O2. The zero-order chi connectivity index (χ0) is 24.9. The first-order valence-corrected chi connectivity index (χ1v) is 12.1. The molecular weight excluding hydrogens is 454 g/mol. The molecule has 36 heavy (non-hydrogen) atoms. The van der Waals surface area contributed by atoms with E-state index in [1.807, 2.05) is 55.7 Å². The normalized spacial score (nSPS) is 15.7. The van der Waals surface area contributed by atoms with Gasteiger partial charge in [0.2, 0.25) is 0 Å². The van der Waals surface area contributed by atoms with E-state index >= 15 is 0 Å². The van der Waals surface area contributed by atoms with Crippen molar-refractivity contribution in [1.82, 2.24) is 25.2 Å². The average Bonchev–Trinajstić information content (AvgIpc) is 2.89. The summed E-state index contributed by atoms with van der Waals surface area (Å²) >= 11 is 0. The number of anilines is 1. The van der Waals surface area contributed by atoms with E-state index in [4.69, 9.17) is 4.74 Å². The average molecular weight is 486 g/mol. The number of carbonyl (C=O) groups excluding carboxylic acids is 1. The number of nitrogens with one attached hydrogen (secondary N) is 2. The second-order valence-electron chi connectivity index (χ2n) is 9.37. The lowest BCUT2D eigenvalue weighted by atomic mass is 9.95. The van der Waals surface area contributed by atoms with Gasteiger partial charge in [0.15, 0.2) is 5.71 Å². The van der Waals surface area contributed by atoms with Crippen molar-refractivity contribution >= 4 is 17.3 Å². The largest absolute Gasteiger partial charge is 0.379 e. The molecule has 0 radical (unpaired) electrons. The molecule has 0 atom stereocenters. The van der Waals surface area contributed by atoms with Crippen LogP contribution in [-0.2, 0) is 29.2 Å². The fourth-order valence-electron chi connectivity index (χ4n) is 4.42. The molecule has 2 aliphatic rings. The molecule has 0 bridgehead atoms. The first-order valence-electron chi connectivity index (χ1n) is 12.1. The zero-order valence-corrected chi connectivity index (χ0v) is 20.7. The van der Waals surface area contributed by atoms with Crippen molar-refractivity contribution in [2.45, 2.75) is 19.6 Å². The Labute approximate surface area is 211 Å². The molecule has 1 amide bonds. The standard InChI is InChI=1S/C27H31N7O2/c1-33(2)18-24-6-5-23(16-29-24)31-27(35)26-25-12-20(3-4-21(25)15-30-32-26)22-11-19(13-28-14-22)17-34-7-9-36-10-8-34/h3-6,11-14,16,30H,7-10,15,17-18H2,1-2H3,(H,31,35). The van der Waals surface area contributed by atoms with Gasteiger partial charge in [0.05, 0.1) is 37.3 Å². The highest BCUT2D eigenvalue weighted by Crippen LogP contribution is 2.26. The lowest BCUT2D eigenvalue weighted by Crippen LogP contribution is -2.35. The number of aromatic nitrogens is 2. The molecule has 2 aliphatic heterocycles. The van der Waals surface area contributed by atoms with Gasteiger partial charge in [-0.2, -0.15) is 5.10 Å². The first kappa shape index (κ1) is 24.1. The Hall–Kier alpha value is -3.66. The summed E-state index contributed by atoms with van der Waals surface area (Å²) in [5.41, 5.74) is 9.93. The number of nitrogens with zero attached hydrogens (tertiary/aromatic N) is 5. The van der Waals surface area contributed by atoms with Crippen LogP contribution in [-0.4, -0.2) is 71.8 Å². The number of pyridine rings is 2. The highest BCUT2D eigenvalue weighted by atomic mass is 16.5. The molecule has 0 saturated carbocycles. The predicted molar refractivity (Wildman–Crippen MR) is 139 cm³/mol. The smallest absolute Gasteiger partial charge is 0.276 e. The van der Waals surface area contributed by atoms with Gasteiger partial charge in [-0.3, -0.25) is 19.7 Å². The SMILES string of the molecule is CN(C)Cc1ccc(NC(=O)C2=NNCc3ccc(-c4cncc(CN5CCOCC5)c4)cc32)cn1. The number of fused-ring (bicyclic) bond motifs is 1. The molecule has 2 aromatic heterocycles. The lowest BCUT2D eigenvalue weighted by Gasteiger charge is -2.26. The highest BCUT2D eigenvalue weighted by molar-refractivity contribution is 6.49. The molecule has 9 nitrogen and oxygen atoms in total. The Morgan fingerprint density at radius 3 is 2.72 bits per heavy atom. The Bertz CT molecular complexity index is 1250. The Morgan fingerprint density at radius 1 is 1.08 bits per heavy atom. The fraction of sp³-hybridized carbons (Fsp3) is 0.333. The number of hydrogen-bond donors (Lipinski definition) is 2. The molecule has 0 aliphatic carbocycles. The van der Waals surface area contributed by atoms with Gasteiger partial charge < -0.3 is 20.4 Å². The van der Waals surface area contributed by atoms with E-state index in [9.17, 15) is 4.79 Å². The van der Waals surface area contributed by atoms with Gasteiger partial charge in [-0.25, -0.2) is 0 Å². The number of ether oxygens (including phenoxy) is 1. The zero-order valence-electron chi connectivity index (χ0n) is 20.7. The molecule has 3 aromatic rings. The van der Waals surface area contributed by atoms with Crippen molar-refractivity contribution in [3.63, 3.8) is 0 Å². The summed E-state index contributed by atoms with van der Waals surface area (Å²) in [4.78, 5) is 26.5. The molecule has 0 unspecified atom stereocenters. The maximum atomic E-state index is 13.2. The Kier molecular flexibility index (Phi) is 7.31. The van der Waals surface area contributed by atoms with Crippen molar-refractivity contribution in [2.24, 2.45) is 5.10 Å². The summed E-state index contributed by atoms with van der Waals surface area (Å²) in [6.07, 6.45) is 5.46. The molecule has 4 heterocycles. The van der Waals surface area contributed by atoms with Crippen LogP contribution >= 0.6 is 0 Å². The number of rotatable bonds is 7. The van der Waals surface area contributed by atoms with Crippen LogP contribution in [0.15, 0.2) is 60.1 Å². The molecule has 1 aromatic carbocycles. The number of carbonyl (C=O) groups is 1. The van der Waals surface area contributed by atoms with E-state index in [1.54, 1.807) is 6.20 Å². The van der Waals surface area contributed by atoms with Crippen molar-refractivity contribution in [3.8, 4) is 11.1 Å². The number of hydrogen-bond acceptors (Lipinski definition) is 8. The van der Waals surface area contributed by atoms with E-state index in [0.717, 1.165) is 72.9 Å². The minimum Gasteiger partial charge on any atom is -0.379 e. The minimum absolute atomic E-state index is 0.276. The molecule has 186 valence electrons. The molecule has 1 fully saturated rings. The number of hydrazone groups is 1. The van der Waals surface area contributed by atoms with Crippen LogP contribution in [0.2, 0.25) is 0 Å². The maximum Gasteiger partial charge on any atom is 0.276 e. The quantitative estimate of drug-likeness (QED) is 0.531. The van der Waals surface area contributed by atoms with Crippen LogP contribution in [0.4, 0.5) is 5.69 Å². The van der Waals surface area contributed by atoms with Gasteiger partial charge in [0.25, 0.3) is 5.91 Å². The molecule has 2 N–H and O–H groups in total. The van der Waals surface area contributed by atoms with Crippen molar-refractivity contribution < 1.29 is 9.53 Å². The minimum atomic E-state index is -0.276. The molecule has 1 saturated heterocycles. The van der Waals surface area contributed by atoms with E-state index in [2.05, 4.69) is 42.8 Å². The topological polar surface area (TPSA) is 95.0 Å². The van der Waals surface area contributed by atoms with Gasteiger partial charge in [-0.05, 0) is 55.1 Å². The van der Waals surface area contributed by atoms with E-state index in [0.29, 0.717) is 17.9 Å². The summed E-state index contributed by atoms with van der Waals surface area (Å²) in [6.45, 7) is 5.55. The Balaban J connectivity index is 1.34. The monoisotopic (exact) mass is 485 g/mol. The third-order valence-corrected chi connectivity index (χ3v) is 6.24. The van der Waals surface area contributed by atoms with Crippen LogP contribution in [0, 0.1) is 0 Å². The third kappa shape index (κ3) is 5.76. The number of benzene rings is 1. The van der Waals surface area contributed by atoms with Gasteiger partial charge in [-0.1, -0.05) is 12.1 Å². The van der Waals surface area contributed by atoms with Crippen LogP contribution in [0.3, 0.4) is 0 Å². The summed E-state index contributed by atoms with van der Waals surface area (Å²) < 4.78 is 5.46. The first-order chi connectivity index (χ1) is 17.5. The molecule has 9 heteroatoms. The third-order valence-electron chi connectivity index (χ3n) is 6.24. The maximum absolute atomic E-state index is 13.2. The van der Waals surface area contributed by atoms with Crippen LogP contribution in [0.25, 0.3) is 11.1 Å². The lowest BCUT2D eigenvalue weighted by molar-refractivity contribution is -0.110. The van der Waals surface area contributed by atoms with Crippen molar-refractivity contribution in [1.29, 1.82) is 0 Å². The molecule has 0 spiro atoms. The summed E-state index contributed by atoms with van der Waals surface area (Å²) in [5, 5.41) is 7.28. The summed E-state index contributed by atoms with van der Waals surface area (Å²) in [6, 6.07) is 12.1. The predicted octanol–water partition coefficient (Wildman–Crippen LogP) is 2.48. The Morgan fingerprint density at radius 2 is 1.94 bits per heavy atom. The van der Waals surface area contributed by atoms with Crippen LogP contribution in [0.1, 0.15) is 22.4 Å². The van der Waals surface area contributed by atoms with Crippen LogP contribution in [0.5, 0.6) is 0 Å². The van der Waals surface area contributed by atoms with Gasteiger partial charge in [0.1, 0.15) is 0 Å². The highest BCUT2D eigenvalue weighted by Gasteiger charge is 2.22. The van der Waals surface area contributed by atoms with E-state index < -0.39 is 0 Å². The van der Waals surface area contributed by atoms with Gasteiger partial charge in [-0.15, -0.1) is 0 Å². The van der Waals surface area contributed by atoms with Crippen molar-refractivity contribution in [3.05, 3.63) is 77.4 Å².